The van der Waals surface area contributed by atoms with Crippen molar-refractivity contribution in [2.75, 3.05) is 0 Å². The van der Waals surface area contributed by atoms with Gasteiger partial charge in [-0.05, 0) is 18.5 Å². The molecule has 0 aromatic carbocycles. The molecule has 0 spiro atoms. The summed E-state index contributed by atoms with van der Waals surface area (Å²) in [6.07, 6.45) is 2.03. The minimum Gasteiger partial charge on any atom is -0.294 e. The summed E-state index contributed by atoms with van der Waals surface area (Å²) in [6.45, 7) is 1.83. The third-order valence-corrected chi connectivity index (χ3v) is 2.61. The Morgan fingerprint density at radius 2 is 2.40 bits per heavy atom. The van der Waals surface area contributed by atoms with Gasteiger partial charge in [0, 0.05) is 18.6 Å². The summed E-state index contributed by atoms with van der Waals surface area (Å²) < 4.78 is 5.36. The van der Waals surface area contributed by atoms with Crippen LogP contribution in [-0.4, -0.2) is 25.2 Å². The highest BCUT2D eigenvalue weighted by atomic mass is 32.1. The van der Waals surface area contributed by atoms with Crippen LogP contribution in [0.1, 0.15) is 21.7 Å². The lowest BCUT2D eigenvalue weighted by Crippen LogP contribution is -2.04. The lowest BCUT2D eigenvalue weighted by molar-refractivity contribution is 0.0991. The molecule has 0 amide bonds. The number of aromatic nitrogens is 4. The van der Waals surface area contributed by atoms with Gasteiger partial charge in [0.05, 0.1) is 23.4 Å². The Labute approximate surface area is 90.9 Å². The number of Topliss-reactive ketones (excluding diaryl/α,β-unsaturated/α-hetero) is 1. The van der Waals surface area contributed by atoms with Crippen LogP contribution in [0.4, 0.5) is 0 Å². The number of hydrogen-bond acceptors (Lipinski definition) is 5. The van der Waals surface area contributed by atoms with Gasteiger partial charge in [0.15, 0.2) is 5.78 Å². The molecule has 0 radical (unpaired) electrons. The number of ketones is 1. The van der Waals surface area contributed by atoms with Crippen LogP contribution in [0, 0.1) is 6.92 Å². The standard InChI is InChI=1S/C9H10N4OS/c1-6-8(4-13(2)11-6)9(14)3-7-5-15-12-10-7/h4-5H,3H2,1-2H3. The van der Waals surface area contributed by atoms with Crippen LogP contribution in [-0.2, 0) is 13.5 Å². The zero-order valence-electron chi connectivity index (χ0n) is 8.47. The van der Waals surface area contributed by atoms with Crippen molar-refractivity contribution in [1.82, 2.24) is 19.4 Å². The van der Waals surface area contributed by atoms with E-state index in [0.717, 1.165) is 5.69 Å². The fourth-order valence-corrected chi connectivity index (χ4v) is 1.85. The molecule has 0 saturated heterocycles. The number of hydrogen-bond donors (Lipinski definition) is 0. The first-order chi connectivity index (χ1) is 7.16. The van der Waals surface area contributed by atoms with Crippen molar-refractivity contribution in [1.29, 1.82) is 0 Å². The maximum Gasteiger partial charge on any atom is 0.172 e. The summed E-state index contributed by atoms with van der Waals surface area (Å²) in [4.78, 5) is 11.8. The second kappa shape index (κ2) is 3.90. The highest BCUT2D eigenvalue weighted by Crippen LogP contribution is 2.09. The number of nitrogens with zero attached hydrogens (tertiary/aromatic N) is 4. The molecule has 6 heteroatoms. The van der Waals surface area contributed by atoms with Crippen LogP contribution in [0.15, 0.2) is 11.6 Å². The molecule has 0 N–H and O–H groups in total. The maximum atomic E-state index is 11.8. The van der Waals surface area contributed by atoms with E-state index < -0.39 is 0 Å². The molecule has 0 saturated carbocycles. The lowest BCUT2D eigenvalue weighted by atomic mass is 10.1. The molecule has 78 valence electrons. The van der Waals surface area contributed by atoms with E-state index in [-0.39, 0.29) is 5.78 Å². The summed E-state index contributed by atoms with van der Waals surface area (Å²) in [7, 11) is 1.80. The van der Waals surface area contributed by atoms with E-state index in [1.165, 1.54) is 11.5 Å². The van der Waals surface area contributed by atoms with E-state index in [9.17, 15) is 4.79 Å². The molecule has 0 unspecified atom stereocenters. The van der Waals surface area contributed by atoms with E-state index in [2.05, 4.69) is 14.7 Å². The van der Waals surface area contributed by atoms with Crippen molar-refractivity contribution in [3.05, 3.63) is 28.5 Å². The van der Waals surface area contributed by atoms with Crippen LogP contribution < -0.4 is 0 Å². The molecule has 0 aliphatic carbocycles. The maximum absolute atomic E-state index is 11.8. The van der Waals surface area contributed by atoms with E-state index >= 15 is 0 Å². The Hall–Kier alpha value is -1.56. The monoisotopic (exact) mass is 222 g/mol. The average molecular weight is 222 g/mol. The summed E-state index contributed by atoms with van der Waals surface area (Å²) in [5.41, 5.74) is 2.13. The van der Waals surface area contributed by atoms with Crippen molar-refractivity contribution < 1.29 is 4.79 Å². The first-order valence-corrected chi connectivity index (χ1v) is 5.30. The van der Waals surface area contributed by atoms with Crippen molar-refractivity contribution in [3.8, 4) is 0 Å². The third kappa shape index (κ3) is 2.10. The summed E-state index contributed by atoms with van der Waals surface area (Å²) >= 11 is 1.25. The Morgan fingerprint density at radius 1 is 1.60 bits per heavy atom. The Bertz CT molecular complexity index is 474. The molecule has 0 atom stereocenters. The molecular weight excluding hydrogens is 212 g/mol. The average Bonchev–Trinajstić information content (AvgIpc) is 2.75. The molecule has 2 aromatic heterocycles. The Kier molecular flexibility index (Phi) is 2.59. The van der Waals surface area contributed by atoms with Crippen LogP contribution in [0.25, 0.3) is 0 Å². The zero-order chi connectivity index (χ0) is 10.8. The van der Waals surface area contributed by atoms with Crippen LogP contribution >= 0.6 is 11.5 Å². The molecule has 2 aromatic rings. The highest BCUT2D eigenvalue weighted by molar-refractivity contribution is 7.03. The summed E-state index contributed by atoms with van der Waals surface area (Å²) in [5, 5.41) is 9.74. The minimum atomic E-state index is 0.0355. The SMILES string of the molecule is Cc1nn(C)cc1C(=O)Cc1csnn1. The molecule has 2 heterocycles. The van der Waals surface area contributed by atoms with Crippen molar-refractivity contribution in [2.24, 2.45) is 7.05 Å². The molecular formula is C9H10N4OS. The fraction of sp³-hybridized carbons (Fsp3) is 0.333. The predicted molar refractivity (Wildman–Crippen MR) is 55.9 cm³/mol. The highest BCUT2D eigenvalue weighted by Gasteiger charge is 2.14. The third-order valence-electron chi connectivity index (χ3n) is 2.06. The lowest BCUT2D eigenvalue weighted by Gasteiger charge is -1.94. The topological polar surface area (TPSA) is 60.7 Å². The minimum absolute atomic E-state index is 0.0355. The molecule has 0 aliphatic rings. The number of carbonyl (C=O) groups excluding carboxylic acids is 1. The van der Waals surface area contributed by atoms with Gasteiger partial charge in [-0.25, -0.2) is 0 Å². The predicted octanol–water partition coefficient (Wildman–Crippen LogP) is 1.01. The van der Waals surface area contributed by atoms with Gasteiger partial charge in [-0.2, -0.15) is 5.10 Å². The Balaban J connectivity index is 2.18. The first kappa shape index (κ1) is 9.97. The van der Waals surface area contributed by atoms with Gasteiger partial charge >= 0.3 is 0 Å². The number of carbonyl (C=O) groups is 1. The summed E-state index contributed by atoms with van der Waals surface area (Å²) in [6, 6.07) is 0. The molecule has 5 nitrogen and oxygen atoms in total. The normalized spacial score (nSPS) is 10.5. The smallest absolute Gasteiger partial charge is 0.172 e. The van der Waals surface area contributed by atoms with Crippen LogP contribution in [0.2, 0.25) is 0 Å². The van der Waals surface area contributed by atoms with Crippen molar-refractivity contribution >= 4 is 17.3 Å². The second-order valence-corrected chi connectivity index (χ2v) is 3.91. The van der Waals surface area contributed by atoms with E-state index in [1.54, 1.807) is 23.3 Å². The van der Waals surface area contributed by atoms with Gasteiger partial charge in [-0.15, -0.1) is 5.10 Å². The molecule has 0 aliphatic heterocycles. The quantitative estimate of drug-likeness (QED) is 0.727. The van der Waals surface area contributed by atoms with Crippen molar-refractivity contribution in [2.45, 2.75) is 13.3 Å². The van der Waals surface area contributed by atoms with Crippen LogP contribution in [0.5, 0.6) is 0 Å². The van der Waals surface area contributed by atoms with Gasteiger partial charge in [0.2, 0.25) is 0 Å². The zero-order valence-corrected chi connectivity index (χ0v) is 9.28. The number of rotatable bonds is 3. The largest absolute Gasteiger partial charge is 0.294 e. The first-order valence-electron chi connectivity index (χ1n) is 4.46. The van der Waals surface area contributed by atoms with Gasteiger partial charge in [0.1, 0.15) is 0 Å². The van der Waals surface area contributed by atoms with E-state index in [0.29, 0.717) is 17.7 Å². The second-order valence-electron chi connectivity index (χ2n) is 3.30. The van der Waals surface area contributed by atoms with Gasteiger partial charge in [0.25, 0.3) is 0 Å². The molecule has 15 heavy (non-hydrogen) atoms. The Morgan fingerprint density at radius 3 is 2.93 bits per heavy atom. The van der Waals surface area contributed by atoms with Gasteiger partial charge in [-0.1, -0.05) is 4.49 Å². The molecule has 2 rings (SSSR count). The van der Waals surface area contributed by atoms with Gasteiger partial charge in [-0.3, -0.25) is 9.48 Å². The van der Waals surface area contributed by atoms with Crippen molar-refractivity contribution in [3.63, 3.8) is 0 Å². The number of aryl methyl sites for hydroxylation is 2. The molecule has 0 fully saturated rings. The van der Waals surface area contributed by atoms with Crippen LogP contribution in [0.3, 0.4) is 0 Å². The molecule has 0 bridgehead atoms. The van der Waals surface area contributed by atoms with E-state index in [1.807, 2.05) is 6.92 Å². The summed E-state index contributed by atoms with van der Waals surface area (Å²) in [5.74, 6) is 0.0355. The van der Waals surface area contributed by atoms with E-state index in [4.69, 9.17) is 0 Å². The fourth-order valence-electron chi connectivity index (χ4n) is 1.39. The van der Waals surface area contributed by atoms with Gasteiger partial charge < -0.3 is 0 Å².